The van der Waals surface area contributed by atoms with Crippen molar-refractivity contribution in [2.75, 3.05) is 31.2 Å². The number of ether oxygens (including phenoxy) is 2. The molecule has 3 aromatic carbocycles. The van der Waals surface area contributed by atoms with E-state index in [0.29, 0.717) is 45.2 Å². The number of hydrogen-bond acceptors (Lipinski definition) is 9. The summed E-state index contributed by atoms with van der Waals surface area (Å²) in [6, 6.07) is 19.0. The van der Waals surface area contributed by atoms with Gasteiger partial charge in [-0.15, -0.1) is 0 Å². The summed E-state index contributed by atoms with van der Waals surface area (Å²) in [6.07, 6.45) is 6.48. The standard InChI is InChI=1S/C34H30ClF2N5O4S/c1-42(13-15-47(43,44)32-8-2-3-12-38-32)21-34(11-5-14-46-34)27-18-26-30(19-29(27)37)39-22-40-33(26)41-25-9-10-31(28(35)17-25)45-20-23-6-4-7-24(36)16-23/h2-10,12,14,16-19,22H,11,13,15,20-21H2,1H3,(H,39,40,41). The molecule has 1 unspecified atom stereocenters. The molecule has 0 bridgehead atoms. The molecule has 5 aromatic rings. The maximum atomic E-state index is 15.8. The number of anilines is 2. The van der Waals surface area contributed by atoms with E-state index in [0.717, 1.165) is 0 Å². The Labute approximate surface area is 275 Å². The number of aromatic nitrogens is 3. The molecule has 9 nitrogen and oxygen atoms in total. The van der Waals surface area contributed by atoms with Crippen LogP contribution >= 0.6 is 11.6 Å². The van der Waals surface area contributed by atoms with Crippen LogP contribution in [0.4, 0.5) is 20.3 Å². The second kappa shape index (κ2) is 13.6. The highest BCUT2D eigenvalue weighted by Crippen LogP contribution is 2.40. The average Bonchev–Trinajstić information content (AvgIpc) is 3.53. The number of fused-ring (bicyclic) bond motifs is 1. The van der Waals surface area contributed by atoms with Crippen molar-refractivity contribution in [1.82, 2.24) is 19.9 Å². The normalized spacial score (nSPS) is 16.0. The van der Waals surface area contributed by atoms with E-state index in [4.69, 9.17) is 21.1 Å². The molecule has 47 heavy (non-hydrogen) atoms. The zero-order chi connectivity index (χ0) is 33.0. The number of sulfone groups is 1. The molecule has 0 saturated heterocycles. The van der Waals surface area contributed by atoms with Crippen LogP contribution < -0.4 is 10.1 Å². The minimum atomic E-state index is -3.61. The number of pyridine rings is 1. The van der Waals surface area contributed by atoms with Gasteiger partial charge in [-0.05, 0) is 67.2 Å². The monoisotopic (exact) mass is 677 g/mol. The van der Waals surface area contributed by atoms with Gasteiger partial charge in [0, 0.05) is 48.4 Å². The van der Waals surface area contributed by atoms with Gasteiger partial charge in [-0.1, -0.05) is 29.8 Å². The number of rotatable bonds is 12. The topological polar surface area (TPSA) is 107 Å². The predicted molar refractivity (Wildman–Crippen MR) is 175 cm³/mol. The molecule has 6 rings (SSSR count). The van der Waals surface area contributed by atoms with Gasteiger partial charge in [-0.25, -0.2) is 32.2 Å². The molecular formula is C34H30ClF2N5O4S. The molecule has 0 aliphatic carbocycles. The zero-order valence-electron chi connectivity index (χ0n) is 25.2. The highest BCUT2D eigenvalue weighted by molar-refractivity contribution is 7.91. The van der Waals surface area contributed by atoms with Crippen LogP contribution in [0.1, 0.15) is 17.5 Å². The van der Waals surface area contributed by atoms with Gasteiger partial charge in [-0.2, -0.15) is 0 Å². The van der Waals surface area contributed by atoms with Crippen LogP contribution in [-0.2, 0) is 26.8 Å². The number of nitrogens with zero attached hydrogens (tertiary/aromatic N) is 4. The number of hydrogen-bond donors (Lipinski definition) is 1. The average molecular weight is 678 g/mol. The van der Waals surface area contributed by atoms with Crippen LogP contribution in [0, 0.1) is 11.6 Å². The first-order valence-electron chi connectivity index (χ1n) is 14.7. The van der Waals surface area contributed by atoms with Gasteiger partial charge in [-0.3, -0.25) is 0 Å². The van der Waals surface area contributed by atoms with Crippen LogP contribution in [0.2, 0.25) is 5.02 Å². The van der Waals surface area contributed by atoms with Gasteiger partial charge in [0.1, 0.15) is 36.1 Å². The fourth-order valence-corrected chi connectivity index (χ4v) is 6.90. The van der Waals surface area contributed by atoms with E-state index in [1.165, 1.54) is 43.1 Å². The van der Waals surface area contributed by atoms with Crippen molar-refractivity contribution in [1.29, 1.82) is 0 Å². The number of likely N-dealkylation sites (N-methyl/N-ethyl adjacent to an activating group) is 1. The Morgan fingerprint density at radius 3 is 2.66 bits per heavy atom. The SMILES string of the molecule is CN(CCS(=O)(=O)c1ccccn1)CC1(c2cc3c(Nc4ccc(OCc5cccc(F)c5)c(Cl)c4)ncnc3cc2F)CC=CO1. The van der Waals surface area contributed by atoms with Crippen molar-refractivity contribution in [3.63, 3.8) is 0 Å². The number of nitrogens with one attached hydrogen (secondary N) is 1. The highest BCUT2D eigenvalue weighted by atomic mass is 35.5. The Kier molecular flexibility index (Phi) is 9.35. The van der Waals surface area contributed by atoms with Crippen molar-refractivity contribution in [2.45, 2.75) is 23.7 Å². The molecule has 1 aliphatic heterocycles. The fraction of sp³-hybridized carbons (Fsp3) is 0.206. The zero-order valence-corrected chi connectivity index (χ0v) is 26.8. The lowest BCUT2D eigenvalue weighted by molar-refractivity contribution is 0.00935. The third kappa shape index (κ3) is 7.35. The van der Waals surface area contributed by atoms with E-state index in [1.54, 1.807) is 60.5 Å². The van der Waals surface area contributed by atoms with E-state index in [9.17, 15) is 12.8 Å². The lowest BCUT2D eigenvalue weighted by atomic mass is 9.89. The molecule has 1 aliphatic rings. The first-order chi connectivity index (χ1) is 22.6. The Morgan fingerprint density at radius 1 is 1.04 bits per heavy atom. The van der Waals surface area contributed by atoms with Gasteiger partial charge in [0.05, 0.1) is 22.6 Å². The van der Waals surface area contributed by atoms with Gasteiger partial charge in [0.15, 0.2) is 20.5 Å². The fourth-order valence-electron chi connectivity index (χ4n) is 5.40. The minimum Gasteiger partial charge on any atom is -0.489 e. The van der Waals surface area contributed by atoms with Crippen molar-refractivity contribution < 1.29 is 26.7 Å². The predicted octanol–water partition coefficient (Wildman–Crippen LogP) is 6.81. The molecule has 242 valence electrons. The maximum Gasteiger partial charge on any atom is 0.196 e. The van der Waals surface area contributed by atoms with Crippen molar-refractivity contribution >= 4 is 43.8 Å². The summed E-state index contributed by atoms with van der Waals surface area (Å²) in [7, 11) is -1.84. The first kappa shape index (κ1) is 32.3. The third-order valence-corrected chi connectivity index (χ3v) is 9.65. The molecule has 0 saturated carbocycles. The Morgan fingerprint density at radius 2 is 1.91 bits per heavy atom. The molecular weight excluding hydrogens is 648 g/mol. The van der Waals surface area contributed by atoms with Crippen molar-refractivity contribution in [3.8, 4) is 5.75 Å². The molecule has 0 radical (unpaired) electrons. The Balaban J connectivity index is 1.22. The highest BCUT2D eigenvalue weighted by Gasteiger charge is 2.39. The largest absolute Gasteiger partial charge is 0.489 e. The molecule has 1 atom stereocenters. The van der Waals surface area contributed by atoms with Gasteiger partial charge >= 0.3 is 0 Å². The summed E-state index contributed by atoms with van der Waals surface area (Å²) in [6.45, 7) is 0.532. The number of benzene rings is 3. The second-order valence-corrected chi connectivity index (χ2v) is 13.6. The second-order valence-electron chi connectivity index (χ2n) is 11.2. The molecule has 3 heterocycles. The molecule has 0 fully saturated rings. The summed E-state index contributed by atoms with van der Waals surface area (Å²) in [5.41, 5.74) is 0.811. The summed E-state index contributed by atoms with van der Waals surface area (Å²) in [5, 5.41) is 4.12. The van der Waals surface area contributed by atoms with Crippen LogP contribution in [0.3, 0.4) is 0 Å². The van der Waals surface area contributed by atoms with Gasteiger partial charge < -0.3 is 19.7 Å². The smallest absolute Gasteiger partial charge is 0.196 e. The van der Waals surface area contributed by atoms with Crippen LogP contribution in [0.5, 0.6) is 5.75 Å². The van der Waals surface area contributed by atoms with E-state index in [-0.39, 0.29) is 41.9 Å². The van der Waals surface area contributed by atoms with Crippen LogP contribution in [0.25, 0.3) is 10.9 Å². The van der Waals surface area contributed by atoms with E-state index in [1.807, 2.05) is 6.08 Å². The lowest BCUT2D eigenvalue weighted by Crippen LogP contribution is -2.41. The first-order valence-corrected chi connectivity index (χ1v) is 16.7. The summed E-state index contributed by atoms with van der Waals surface area (Å²) in [5.74, 6) is -0.191. The Hall–Kier alpha value is -4.65. The summed E-state index contributed by atoms with van der Waals surface area (Å²) < 4.78 is 66.8. The quantitative estimate of drug-likeness (QED) is 0.152. The van der Waals surface area contributed by atoms with Crippen LogP contribution in [-0.4, -0.2) is 54.2 Å². The summed E-state index contributed by atoms with van der Waals surface area (Å²) in [4.78, 5) is 14.5. The summed E-state index contributed by atoms with van der Waals surface area (Å²) >= 11 is 6.51. The maximum absolute atomic E-state index is 15.8. The van der Waals surface area contributed by atoms with Crippen molar-refractivity contribution in [2.24, 2.45) is 0 Å². The van der Waals surface area contributed by atoms with E-state index < -0.39 is 21.3 Å². The van der Waals surface area contributed by atoms with E-state index >= 15 is 4.39 Å². The molecule has 0 spiro atoms. The molecule has 1 N–H and O–H groups in total. The minimum absolute atomic E-state index is 0.00909. The van der Waals surface area contributed by atoms with Crippen molar-refractivity contribution in [3.05, 3.63) is 125 Å². The van der Waals surface area contributed by atoms with Gasteiger partial charge in [0.2, 0.25) is 0 Å². The van der Waals surface area contributed by atoms with Gasteiger partial charge in [0.25, 0.3) is 0 Å². The molecule has 2 aromatic heterocycles. The number of halogens is 3. The molecule has 13 heteroatoms. The molecule has 0 amide bonds. The van der Waals surface area contributed by atoms with E-state index in [2.05, 4.69) is 20.3 Å². The van der Waals surface area contributed by atoms with Crippen LogP contribution in [0.15, 0.2) is 103 Å². The lowest BCUT2D eigenvalue weighted by Gasteiger charge is -2.34. The third-order valence-electron chi connectivity index (χ3n) is 7.75. The Bertz CT molecular complexity index is 2040.